The van der Waals surface area contributed by atoms with Crippen LogP contribution in [0.4, 0.5) is 0 Å². The number of hydrogen-bond donors (Lipinski definition) is 0. The molecule has 0 spiro atoms. The molecule has 0 atom stereocenters. The SMILES string of the molecule is COc1ccc(C(=O)CSc2ccc(-c3ccc(Br)cc3)nn2)cc1OC. The highest BCUT2D eigenvalue weighted by molar-refractivity contribution is 9.10. The summed E-state index contributed by atoms with van der Waals surface area (Å²) in [5, 5.41) is 9.15. The molecule has 0 saturated carbocycles. The van der Waals surface area contributed by atoms with Crippen molar-refractivity contribution in [1.82, 2.24) is 10.2 Å². The summed E-state index contributed by atoms with van der Waals surface area (Å²) < 4.78 is 11.4. The normalized spacial score (nSPS) is 10.5. The number of carbonyl (C=O) groups excluding carboxylic acids is 1. The molecule has 27 heavy (non-hydrogen) atoms. The molecule has 0 radical (unpaired) electrons. The van der Waals surface area contributed by atoms with Gasteiger partial charge in [0.2, 0.25) is 0 Å². The highest BCUT2D eigenvalue weighted by Gasteiger charge is 2.12. The Morgan fingerprint density at radius 1 is 0.963 bits per heavy atom. The van der Waals surface area contributed by atoms with Gasteiger partial charge < -0.3 is 9.47 Å². The van der Waals surface area contributed by atoms with Crippen molar-refractivity contribution in [2.75, 3.05) is 20.0 Å². The van der Waals surface area contributed by atoms with Crippen LogP contribution >= 0.6 is 27.7 Å². The molecule has 1 heterocycles. The van der Waals surface area contributed by atoms with Gasteiger partial charge in [0.25, 0.3) is 0 Å². The first-order chi connectivity index (χ1) is 13.1. The van der Waals surface area contributed by atoms with Crippen LogP contribution in [0.25, 0.3) is 11.3 Å². The first-order valence-electron chi connectivity index (χ1n) is 8.08. The molecule has 2 aromatic carbocycles. The number of aromatic nitrogens is 2. The number of methoxy groups -OCH3 is 2. The van der Waals surface area contributed by atoms with E-state index in [-0.39, 0.29) is 11.5 Å². The number of rotatable bonds is 7. The maximum absolute atomic E-state index is 12.4. The average Bonchev–Trinajstić information content (AvgIpc) is 2.72. The predicted octanol–water partition coefficient (Wildman–Crippen LogP) is 4.90. The van der Waals surface area contributed by atoms with E-state index in [9.17, 15) is 4.79 Å². The molecule has 3 aromatic rings. The number of thioether (sulfide) groups is 1. The number of ether oxygens (including phenoxy) is 2. The lowest BCUT2D eigenvalue weighted by Crippen LogP contribution is -2.04. The second-order valence-electron chi connectivity index (χ2n) is 5.55. The van der Waals surface area contributed by atoms with E-state index in [0.29, 0.717) is 22.1 Å². The van der Waals surface area contributed by atoms with Gasteiger partial charge >= 0.3 is 0 Å². The number of Topliss-reactive ketones (excluding diaryl/α,β-unsaturated/α-hetero) is 1. The topological polar surface area (TPSA) is 61.3 Å². The first-order valence-corrected chi connectivity index (χ1v) is 9.86. The van der Waals surface area contributed by atoms with Crippen LogP contribution in [-0.4, -0.2) is 36.0 Å². The van der Waals surface area contributed by atoms with Crippen LogP contribution < -0.4 is 9.47 Å². The molecule has 5 nitrogen and oxygen atoms in total. The van der Waals surface area contributed by atoms with Gasteiger partial charge in [-0.1, -0.05) is 39.8 Å². The Labute approximate surface area is 170 Å². The zero-order valence-corrected chi connectivity index (χ0v) is 17.2. The Bertz CT molecular complexity index is 931. The third kappa shape index (κ3) is 4.87. The van der Waals surface area contributed by atoms with E-state index in [1.54, 1.807) is 32.4 Å². The molecular weight excluding hydrogens is 428 g/mol. The molecule has 0 saturated heterocycles. The van der Waals surface area contributed by atoms with Crippen LogP contribution in [0, 0.1) is 0 Å². The summed E-state index contributed by atoms with van der Waals surface area (Å²) in [5.74, 6) is 1.38. The Kier molecular flexibility index (Phi) is 6.47. The predicted molar refractivity (Wildman–Crippen MR) is 110 cm³/mol. The minimum atomic E-state index is -0.0141. The molecule has 0 N–H and O–H groups in total. The van der Waals surface area contributed by atoms with Gasteiger partial charge in [-0.25, -0.2) is 0 Å². The van der Waals surface area contributed by atoms with Gasteiger partial charge in [-0.3, -0.25) is 4.79 Å². The molecule has 0 bridgehead atoms. The fourth-order valence-corrected chi connectivity index (χ4v) is 3.38. The summed E-state index contributed by atoms with van der Waals surface area (Å²) >= 11 is 4.76. The van der Waals surface area contributed by atoms with Gasteiger partial charge in [0.1, 0.15) is 5.03 Å². The number of hydrogen-bond acceptors (Lipinski definition) is 6. The van der Waals surface area contributed by atoms with Crippen molar-refractivity contribution in [2.24, 2.45) is 0 Å². The lowest BCUT2D eigenvalue weighted by molar-refractivity contribution is 0.102. The summed E-state index contributed by atoms with van der Waals surface area (Å²) in [5.41, 5.74) is 2.35. The zero-order valence-electron chi connectivity index (χ0n) is 14.8. The number of halogens is 1. The van der Waals surface area contributed by atoms with Crippen molar-refractivity contribution in [3.05, 3.63) is 64.6 Å². The van der Waals surface area contributed by atoms with Gasteiger partial charge in [0, 0.05) is 15.6 Å². The average molecular weight is 445 g/mol. The fraction of sp³-hybridized carbons (Fsp3) is 0.150. The van der Waals surface area contributed by atoms with Crippen LogP contribution in [-0.2, 0) is 0 Å². The molecule has 0 amide bonds. The van der Waals surface area contributed by atoms with E-state index in [1.807, 2.05) is 36.4 Å². The summed E-state index contributed by atoms with van der Waals surface area (Å²) in [4.78, 5) is 12.4. The number of benzene rings is 2. The highest BCUT2D eigenvalue weighted by Crippen LogP contribution is 2.28. The van der Waals surface area contributed by atoms with Gasteiger partial charge in [0.15, 0.2) is 17.3 Å². The highest BCUT2D eigenvalue weighted by atomic mass is 79.9. The minimum Gasteiger partial charge on any atom is -0.493 e. The quantitative estimate of drug-likeness (QED) is 0.381. The third-order valence-electron chi connectivity index (χ3n) is 3.84. The molecule has 0 aliphatic rings. The van der Waals surface area contributed by atoms with Crippen LogP contribution in [0.3, 0.4) is 0 Å². The minimum absolute atomic E-state index is 0.0141. The van der Waals surface area contributed by atoms with Gasteiger partial charge in [-0.05, 0) is 42.5 Å². The Morgan fingerprint density at radius 3 is 2.33 bits per heavy atom. The van der Waals surface area contributed by atoms with Gasteiger partial charge in [0.05, 0.1) is 25.7 Å². The van der Waals surface area contributed by atoms with Crippen molar-refractivity contribution in [1.29, 1.82) is 0 Å². The maximum Gasteiger partial charge on any atom is 0.173 e. The van der Waals surface area contributed by atoms with Crippen LogP contribution in [0.2, 0.25) is 0 Å². The van der Waals surface area contributed by atoms with E-state index in [0.717, 1.165) is 15.7 Å². The molecule has 1 aromatic heterocycles. The molecule has 0 aliphatic heterocycles. The monoisotopic (exact) mass is 444 g/mol. The lowest BCUT2D eigenvalue weighted by Gasteiger charge is -2.09. The second-order valence-corrected chi connectivity index (χ2v) is 7.46. The summed E-state index contributed by atoms with van der Waals surface area (Å²) in [6.07, 6.45) is 0. The van der Waals surface area contributed by atoms with E-state index >= 15 is 0 Å². The molecule has 0 fully saturated rings. The maximum atomic E-state index is 12.4. The van der Waals surface area contributed by atoms with Crippen molar-refractivity contribution < 1.29 is 14.3 Å². The van der Waals surface area contributed by atoms with Crippen molar-refractivity contribution in [2.45, 2.75) is 5.03 Å². The standard InChI is InChI=1S/C20H17BrN2O3S/c1-25-18-9-5-14(11-19(18)26-2)17(24)12-27-20-10-8-16(22-23-20)13-3-6-15(21)7-4-13/h3-11H,12H2,1-2H3. The van der Waals surface area contributed by atoms with E-state index in [2.05, 4.69) is 26.1 Å². The van der Waals surface area contributed by atoms with E-state index < -0.39 is 0 Å². The van der Waals surface area contributed by atoms with Crippen LogP contribution in [0.1, 0.15) is 10.4 Å². The molecule has 7 heteroatoms. The molecule has 138 valence electrons. The Morgan fingerprint density at radius 2 is 1.70 bits per heavy atom. The second kappa shape index (κ2) is 9.01. The number of ketones is 1. The molecule has 3 rings (SSSR count). The largest absolute Gasteiger partial charge is 0.493 e. The fourth-order valence-electron chi connectivity index (χ4n) is 2.40. The van der Waals surface area contributed by atoms with Gasteiger partial charge in [-0.2, -0.15) is 0 Å². The van der Waals surface area contributed by atoms with Crippen molar-refractivity contribution in [3.8, 4) is 22.8 Å². The van der Waals surface area contributed by atoms with E-state index in [1.165, 1.54) is 11.8 Å². The smallest absolute Gasteiger partial charge is 0.173 e. The van der Waals surface area contributed by atoms with Crippen molar-refractivity contribution in [3.63, 3.8) is 0 Å². The zero-order chi connectivity index (χ0) is 19.2. The molecule has 0 aliphatic carbocycles. The summed E-state index contributed by atoms with van der Waals surface area (Å²) in [7, 11) is 3.11. The van der Waals surface area contributed by atoms with Crippen molar-refractivity contribution >= 4 is 33.5 Å². The third-order valence-corrected chi connectivity index (χ3v) is 5.29. The first kappa shape index (κ1) is 19.4. The summed E-state index contributed by atoms with van der Waals surface area (Å²) in [6, 6.07) is 16.8. The Hall–Kier alpha value is -2.38. The van der Waals surface area contributed by atoms with Crippen LogP contribution in [0.15, 0.2) is 64.1 Å². The lowest BCUT2D eigenvalue weighted by atomic mass is 10.1. The summed E-state index contributed by atoms with van der Waals surface area (Å²) in [6.45, 7) is 0. The van der Waals surface area contributed by atoms with Crippen LogP contribution in [0.5, 0.6) is 11.5 Å². The molecule has 0 unspecified atom stereocenters. The number of nitrogens with zero attached hydrogens (tertiary/aromatic N) is 2. The molecular formula is C20H17BrN2O3S. The Balaban J connectivity index is 1.64. The van der Waals surface area contributed by atoms with Gasteiger partial charge in [-0.15, -0.1) is 10.2 Å². The van der Waals surface area contributed by atoms with E-state index in [4.69, 9.17) is 9.47 Å². The number of carbonyl (C=O) groups is 1.